The lowest BCUT2D eigenvalue weighted by Crippen LogP contribution is -2.63. The third kappa shape index (κ3) is 3.16. The molecule has 0 aliphatic carbocycles. The average molecular weight is 452 g/mol. The Morgan fingerprint density at radius 3 is 1.50 bits per heavy atom. The molecule has 0 unspecified atom stereocenters. The van der Waals surface area contributed by atoms with E-state index in [0.717, 1.165) is 0 Å². The van der Waals surface area contributed by atoms with Gasteiger partial charge in [0.25, 0.3) is 9.84 Å². The van der Waals surface area contributed by atoms with Crippen molar-refractivity contribution in [3.05, 3.63) is 28.3 Å². The van der Waals surface area contributed by atoms with E-state index in [-0.39, 0.29) is 0 Å². The average Bonchev–Trinajstić information content (AvgIpc) is 2.45. The Labute approximate surface area is 142 Å². The Morgan fingerprint density at radius 1 is 0.885 bits per heavy atom. The number of hydrogen-bond donors (Lipinski definition) is 1. The maximum absolute atomic E-state index is 13.6. The van der Waals surface area contributed by atoms with Gasteiger partial charge >= 0.3 is 42.3 Å². The molecular weight excluding hydrogens is 448 g/mol. The first kappa shape index (κ1) is 24.2. The summed E-state index contributed by atoms with van der Waals surface area (Å²) in [7, 11) is -21.1. The Balaban J connectivity index is 6.76. The molecule has 0 aromatic heterocycles. The van der Waals surface area contributed by atoms with Crippen LogP contribution < -0.4 is 0 Å². The van der Waals surface area contributed by atoms with Crippen molar-refractivity contribution in [2.75, 3.05) is 7.05 Å². The normalized spacial score (nSPS) is 14.6. The van der Waals surface area contributed by atoms with E-state index in [1.807, 2.05) is 0 Å². The maximum atomic E-state index is 13.6. The highest BCUT2D eigenvalue weighted by Gasteiger charge is 2.83. The summed E-state index contributed by atoms with van der Waals surface area (Å²) >= 11 is 0. The zero-order chi connectivity index (χ0) is 21.6. The van der Waals surface area contributed by atoms with Crippen LogP contribution in [0.3, 0.4) is 0 Å². The van der Waals surface area contributed by atoms with Crippen molar-refractivity contribution in [1.82, 2.24) is 3.71 Å². The molecule has 10 nitrogen and oxygen atoms in total. The van der Waals surface area contributed by atoms with Gasteiger partial charge in [-0.2, -0.15) is 34.8 Å². The smallest absolute Gasteiger partial charge is 0.363 e. The van der Waals surface area contributed by atoms with Gasteiger partial charge in [0, 0.05) is 7.05 Å². The van der Waals surface area contributed by atoms with Gasteiger partial charge in [0.1, 0.15) is 0 Å². The van der Waals surface area contributed by atoms with E-state index < -0.39 is 62.9 Å². The predicted molar refractivity (Wildman–Crippen MR) is 68.4 cm³/mol. The summed E-state index contributed by atoms with van der Waals surface area (Å²) < 4.78 is 154. The molecular formula is C7H4F6N3O7S3-. The van der Waals surface area contributed by atoms with E-state index in [0.29, 0.717) is 0 Å². The van der Waals surface area contributed by atoms with Crippen LogP contribution in [0.2, 0.25) is 0 Å². The topological polar surface area (TPSA) is 135 Å². The van der Waals surface area contributed by atoms with Gasteiger partial charge in [-0.25, -0.2) is 16.8 Å². The molecule has 19 heteroatoms. The van der Waals surface area contributed by atoms with E-state index in [9.17, 15) is 51.6 Å². The minimum atomic E-state index is -7.38. The molecule has 0 rings (SSSR count). The Morgan fingerprint density at radius 2 is 1.23 bits per heavy atom. The van der Waals surface area contributed by atoms with Crippen LogP contribution >= 0.6 is 0 Å². The highest BCUT2D eigenvalue weighted by molar-refractivity contribution is 8.02. The molecule has 0 radical (unpaired) electrons. The quantitative estimate of drug-likeness (QED) is 0.339. The SMILES string of the molecule is [C-]#[N+][C-]([N+]#[C-])S(=O)(=O)C(F)(F)C(F)(F)C(F)(F)S(=O)(=O)N(C)S(=O)(=O)O. The molecule has 0 aromatic carbocycles. The molecule has 0 fully saturated rings. The van der Waals surface area contributed by atoms with Crippen molar-refractivity contribution in [3.63, 3.8) is 0 Å². The number of alkyl halides is 6. The van der Waals surface area contributed by atoms with Gasteiger partial charge in [-0.3, -0.25) is 17.7 Å². The van der Waals surface area contributed by atoms with Crippen LogP contribution in [0.1, 0.15) is 0 Å². The molecule has 0 aromatic rings. The second kappa shape index (κ2) is 6.42. The molecule has 0 spiro atoms. The first-order valence-electron chi connectivity index (χ1n) is 5.14. The highest BCUT2D eigenvalue weighted by Crippen LogP contribution is 2.53. The zero-order valence-corrected chi connectivity index (χ0v) is 14.2. The number of hydrogen-bond acceptors (Lipinski definition) is 6. The number of sulfonamides is 1. The Kier molecular flexibility index (Phi) is 5.98. The first-order chi connectivity index (χ1) is 11.2. The van der Waals surface area contributed by atoms with Gasteiger partial charge in [0.05, 0.1) is 0 Å². The van der Waals surface area contributed by atoms with Crippen LogP contribution in [-0.2, 0) is 30.2 Å². The van der Waals surface area contributed by atoms with E-state index >= 15 is 0 Å². The molecule has 0 aliphatic heterocycles. The number of sulfone groups is 1. The molecule has 0 aliphatic rings. The van der Waals surface area contributed by atoms with Crippen molar-refractivity contribution >= 4 is 30.2 Å². The van der Waals surface area contributed by atoms with Gasteiger partial charge in [-0.05, 0) is 0 Å². The number of nitrogens with zero attached hydrogens (tertiary/aromatic N) is 3. The van der Waals surface area contributed by atoms with Crippen molar-refractivity contribution < 1.29 is 56.1 Å². The minimum absolute atomic E-state index is 0.433. The van der Waals surface area contributed by atoms with Crippen molar-refractivity contribution in [1.29, 1.82) is 0 Å². The van der Waals surface area contributed by atoms with Gasteiger partial charge in [-0.1, -0.05) is 3.71 Å². The van der Waals surface area contributed by atoms with Crippen LogP contribution in [-0.4, -0.2) is 57.0 Å². The first-order valence-corrected chi connectivity index (χ1v) is 9.46. The predicted octanol–water partition coefficient (Wildman–Crippen LogP) is 0.572. The fraction of sp³-hybridized carbons (Fsp3) is 0.571. The standard InChI is InChI=1S/C7H4F6N3O7S3/c1-14-4(15-2)24(17,18)6(10,11)5(8,9)7(12,13)25(19,20)16(3)26(21,22)23/h3H3,(H,21,22,23)/q-1. The maximum Gasteiger partial charge on any atom is 0.431 e. The lowest BCUT2D eigenvalue weighted by atomic mass is 10.3. The molecule has 0 heterocycles. The summed E-state index contributed by atoms with van der Waals surface area (Å²) in [5.74, 6) is -7.38. The van der Waals surface area contributed by atoms with E-state index in [4.69, 9.17) is 17.7 Å². The van der Waals surface area contributed by atoms with Gasteiger partial charge in [0.15, 0.2) is 0 Å². The fourth-order valence-corrected chi connectivity index (χ4v) is 4.09. The Bertz CT molecular complexity index is 962. The van der Waals surface area contributed by atoms with Gasteiger partial charge in [0.2, 0.25) is 0 Å². The lowest BCUT2D eigenvalue weighted by molar-refractivity contribution is -0.244. The van der Waals surface area contributed by atoms with Crippen LogP contribution in [0, 0.1) is 18.6 Å². The minimum Gasteiger partial charge on any atom is -0.363 e. The molecule has 0 saturated carbocycles. The van der Waals surface area contributed by atoms with Crippen LogP contribution in [0.15, 0.2) is 0 Å². The summed E-state index contributed by atoms with van der Waals surface area (Å²) in [5.41, 5.74) is -2.68. The van der Waals surface area contributed by atoms with Gasteiger partial charge in [-0.15, -0.1) is 0 Å². The summed E-state index contributed by atoms with van der Waals surface area (Å²) in [6.45, 7) is 12.2. The van der Waals surface area contributed by atoms with E-state index in [1.165, 1.54) is 0 Å². The molecule has 1 N–H and O–H groups in total. The Hall–Kier alpha value is -1.80. The lowest BCUT2D eigenvalue weighted by Gasteiger charge is -2.33. The second-order valence-corrected chi connectivity index (χ2v) is 9.55. The zero-order valence-electron chi connectivity index (χ0n) is 11.7. The summed E-state index contributed by atoms with van der Waals surface area (Å²) in [5, 5.41) is -14.2. The van der Waals surface area contributed by atoms with Gasteiger partial charge < -0.3 is 9.69 Å². The van der Waals surface area contributed by atoms with Crippen molar-refractivity contribution in [2.24, 2.45) is 0 Å². The van der Waals surface area contributed by atoms with E-state index in [1.54, 1.807) is 9.69 Å². The molecule has 0 amide bonds. The molecule has 0 atom stereocenters. The largest absolute Gasteiger partial charge is 0.431 e. The second-order valence-electron chi connectivity index (χ2n) is 3.98. The third-order valence-corrected chi connectivity index (χ3v) is 7.47. The molecule has 0 saturated heterocycles. The summed E-state index contributed by atoms with van der Waals surface area (Å²) in [4.78, 5) is 3.29. The van der Waals surface area contributed by atoms with E-state index in [2.05, 4.69) is 0 Å². The highest BCUT2D eigenvalue weighted by atomic mass is 32.3. The third-order valence-electron chi connectivity index (χ3n) is 2.49. The number of halogens is 6. The summed E-state index contributed by atoms with van der Waals surface area (Å²) in [6, 6.07) is 0. The van der Waals surface area contributed by atoms with Crippen LogP contribution in [0.5, 0.6) is 0 Å². The summed E-state index contributed by atoms with van der Waals surface area (Å²) in [6.07, 6.45) is 0. The fourth-order valence-electron chi connectivity index (χ4n) is 1.05. The number of rotatable bonds is 7. The molecule has 0 bridgehead atoms. The van der Waals surface area contributed by atoms with Crippen molar-refractivity contribution in [3.8, 4) is 0 Å². The molecule has 26 heavy (non-hydrogen) atoms. The van der Waals surface area contributed by atoms with Crippen LogP contribution in [0.4, 0.5) is 26.3 Å². The van der Waals surface area contributed by atoms with Crippen molar-refractivity contribution in [2.45, 2.75) is 16.4 Å². The monoisotopic (exact) mass is 452 g/mol. The molecule has 150 valence electrons. The van der Waals surface area contributed by atoms with Crippen LogP contribution in [0.25, 0.3) is 9.69 Å².